The average molecular weight is 340 g/mol. The highest BCUT2D eigenvalue weighted by atomic mass is 16.1. The average Bonchev–Trinajstić information content (AvgIpc) is 2.56. The number of nitrogens with zero attached hydrogens (tertiary/aromatic N) is 1. The minimum absolute atomic E-state index is 0.0305. The Kier molecular flexibility index (Phi) is 6.18. The zero-order valence-electron chi connectivity index (χ0n) is 15.6. The van der Waals surface area contributed by atoms with Crippen molar-refractivity contribution in [3.63, 3.8) is 0 Å². The van der Waals surface area contributed by atoms with Crippen molar-refractivity contribution >= 4 is 5.91 Å². The Bertz CT molecular complexity index is 768. The van der Waals surface area contributed by atoms with E-state index in [-0.39, 0.29) is 16.9 Å². The zero-order chi connectivity index (χ0) is 18.4. The van der Waals surface area contributed by atoms with Gasteiger partial charge in [-0.15, -0.1) is 0 Å². The molecule has 0 aliphatic rings. The molecule has 0 aliphatic carbocycles. The number of hydrogen-bond donors (Lipinski definition) is 1. The molecule has 1 amide bonds. The highest BCUT2D eigenvalue weighted by Crippen LogP contribution is 2.22. The topological polar surface area (TPSA) is 51.1 Å². The molecule has 0 aliphatic heterocycles. The Morgan fingerprint density at radius 1 is 1.04 bits per heavy atom. The lowest BCUT2D eigenvalue weighted by Gasteiger charge is -2.19. The second-order valence-corrected chi connectivity index (χ2v) is 7.45. The lowest BCUT2D eigenvalue weighted by molar-refractivity contribution is 0.0953. The van der Waals surface area contributed by atoms with E-state index in [1.165, 1.54) is 5.56 Å². The molecule has 0 unspecified atom stereocenters. The van der Waals surface area contributed by atoms with Crippen LogP contribution in [0.1, 0.15) is 55.2 Å². The van der Waals surface area contributed by atoms with E-state index in [2.05, 4.69) is 26.1 Å². The number of unbranched alkanes of at least 4 members (excludes halogenated alkanes) is 1. The zero-order valence-corrected chi connectivity index (χ0v) is 15.6. The van der Waals surface area contributed by atoms with Gasteiger partial charge in [0.1, 0.15) is 0 Å². The normalized spacial score (nSPS) is 11.4. The van der Waals surface area contributed by atoms with Gasteiger partial charge in [-0.25, -0.2) is 0 Å². The summed E-state index contributed by atoms with van der Waals surface area (Å²) >= 11 is 0. The smallest absolute Gasteiger partial charge is 0.251 e. The summed E-state index contributed by atoms with van der Waals surface area (Å²) in [5.41, 5.74) is 2.98. The predicted octanol–water partition coefficient (Wildman–Crippen LogP) is 3.66. The third-order valence-electron chi connectivity index (χ3n) is 4.38. The first-order chi connectivity index (χ1) is 11.8. The molecule has 2 aromatic rings. The van der Waals surface area contributed by atoms with Crippen LogP contribution < -0.4 is 10.9 Å². The van der Waals surface area contributed by atoms with Gasteiger partial charge in [-0.2, -0.15) is 0 Å². The molecule has 1 aromatic heterocycles. The van der Waals surface area contributed by atoms with E-state index in [0.717, 1.165) is 18.5 Å². The molecule has 25 heavy (non-hydrogen) atoms. The fraction of sp³-hybridized carbons (Fsp3) is 0.429. The summed E-state index contributed by atoms with van der Waals surface area (Å²) in [6, 6.07) is 13.1. The SMILES string of the molecule is Cc1cccc(=O)n1CCCCNC(=O)c1ccc(C(C)(C)C)cc1. The second kappa shape index (κ2) is 8.15. The number of nitrogens with one attached hydrogen (secondary N) is 1. The van der Waals surface area contributed by atoms with E-state index in [1.54, 1.807) is 16.7 Å². The van der Waals surface area contributed by atoms with Crippen molar-refractivity contribution in [2.24, 2.45) is 0 Å². The summed E-state index contributed by atoms with van der Waals surface area (Å²) in [7, 11) is 0. The van der Waals surface area contributed by atoms with E-state index in [9.17, 15) is 9.59 Å². The maximum atomic E-state index is 12.2. The minimum atomic E-state index is -0.0477. The van der Waals surface area contributed by atoms with Gasteiger partial charge in [0.25, 0.3) is 11.5 Å². The third kappa shape index (κ3) is 5.31. The van der Waals surface area contributed by atoms with Gasteiger partial charge >= 0.3 is 0 Å². The fourth-order valence-electron chi connectivity index (χ4n) is 2.73. The minimum Gasteiger partial charge on any atom is -0.352 e. The third-order valence-corrected chi connectivity index (χ3v) is 4.38. The molecule has 0 bridgehead atoms. The maximum Gasteiger partial charge on any atom is 0.251 e. The number of aromatic nitrogens is 1. The lowest BCUT2D eigenvalue weighted by atomic mass is 9.87. The molecule has 0 saturated heterocycles. The van der Waals surface area contributed by atoms with Crippen LogP contribution in [0.2, 0.25) is 0 Å². The maximum absolute atomic E-state index is 12.2. The largest absolute Gasteiger partial charge is 0.352 e. The second-order valence-electron chi connectivity index (χ2n) is 7.45. The van der Waals surface area contributed by atoms with E-state index < -0.39 is 0 Å². The van der Waals surface area contributed by atoms with Crippen LogP contribution in [0.4, 0.5) is 0 Å². The number of aryl methyl sites for hydroxylation is 1. The molecule has 0 fully saturated rings. The van der Waals surface area contributed by atoms with Gasteiger partial charge in [-0.3, -0.25) is 9.59 Å². The van der Waals surface area contributed by atoms with Crippen LogP contribution in [-0.4, -0.2) is 17.0 Å². The molecule has 1 N–H and O–H groups in total. The Morgan fingerprint density at radius 2 is 1.72 bits per heavy atom. The van der Waals surface area contributed by atoms with Gasteiger partial charge in [-0.05, 0) is 48.9 Å². The summed E-state index contributed by atoms with van der Waals surface area (Å²) in [6.45, 7) is 9.69. The van der Waals surface area contributed by atoms with E-state index in [1.807, 2.05) is 37.3 Å². The van der Waals surface area contributed by atoms with Crippen LogP contribution in [0.15, 0.2) is 47.3 Å². The summed E-state index contributed by atoms with van der Waals surface area (Å²) in [4.78, 5) is 24.0. The van der Waals surface area contributed by atoms with Gasteiger partial charge < -0.3 is 9.88 Å². The van der Waals surface area contributed by atoms with E-state index in [4.69, 9.17) is 0 Å². The number of benzene rings is 1. The van der Waals surface area contributed by atoms with Gasteiger partial charge in [0.15, 0.2) is 0 Å². The molecule has 134 valence electrons. The first kappa shape index (κ1) is 19.0. The molecule has 0 atom stereocenters. The molecule has 4 nitrogen and oxygen atoms in total. The quantitative estimate of drug-likeness (QED) is 0.816. The standard InChI is InChI=1S/C21H28N2O2/c1-16-8-7-9-19(24)23(16)15-6-5-14-22-20(25)17-10-12-18(13-11-17)21(2,3)4/h7-13H,5-6,14-15H2,1-4H3,(H,22,25). The van der Waals surface area contributed by atoms with Crippen LogP contribution in [0.3, 0.4) is 0 Å². The number of rotatable bonds is 6. The van der Waals surface area contributed by atoms with Crippen LogP contribution in [-0.2, 0) is 12.0 Å². The Labute approximate surface area is 149 Å². The van der Waals surface area contributed by atoms with E-state index >= 15 is 0 Å². The molecular weight excluding hydrogens is 312 g/mol. The van der Waals surface area contributed by atoms with E-state index in [0.29, 0.717) is 18.7 Å². The van der Waals surface area contributed by atoms with Crippen molar-refractivity contribution in [3.8, 4) is 0 Å². The van der Waals surface area contributed by atoms with Crippen molar-refractivity contribution in [2.75, 3.05) is 6.54 Å². The van der Waals surface area contributed by atoms with Crippen LogP contribution >= 0.6 is 0 Å². The van der Waals surface area contributed by atoms with Crippen LogP contribution in [0.5, 0.6) is 0 Å². The number of carbonyl (C=O) groups excluding carboxylic acids is 1. The highest BCUT2D eigenvalue weighted by Gasteiger charge is 2.14. The van der Waals surface area contributed by atoms with Gasteiger partial charge in [0.2, 0.25) is 0 Å². The summed E-state index contributed by atoms with van der Waals surface area (Å²) in [6.07, 6.45) is 1.70. The first-order valence-electron chi connectivity index (χ1n) is 8.84. The molecule has 1 aromatic carbocycles. The number of carbonyl (C=O) groups is 1. The van der Waals surface area contributed by atoms with Crippen LogP contribution in [0.25, 0.3) is 0 Å². The lowest BCUT2D eigenvalue weighted by Crippen LogP contribution is -2.25. The molecule has 0 radical (unpaired) electrons. The summed E-state index contributed by atoms with van der Waals surface area (Å²) < 4.78 is 1.77. The number of amides is 1. The van der Waals surface area contributed by atoms with Crippen molar-refractivity contribution in [3.05, 3.63) is 69.6 Å². The highest BCUT2D eigenvalue weighted by molar-refractivity contribution is 5.94. The molecule has 4 heteroatoms. The van der Waals surface area contributed by atoms with Crippen molar-refractivity contribution in [1.29, 1.82) is 0 Å². The van der Waals surface area contributed by atoms with Gasteiger partial charge in [0, 0.05) is 30.4 Å². The molecule has 2 rings (SSSR count). The first-order valence-corrected chi connectivity index (χ1v) is 8.84. The number of hydrogen-bond acceptors (Lipinski definition) is 2. The molecule has 1 heterocycles. The van der Waals surface area contributed by atoms with Crippen molar-refractivity contribution in [1.82, 2.24) is 9.88 Å². The summed E-state index contributed by atoms with van der Waals surface area (Å²) in [5, 5.41) is 2.95. The van der Waals surface area contributed by atoms with Gasteiger partial charge in [-0.1, -0.05) is 39.0 Å². The summed E-state index contributed by atoms with van der Waals surface area (Å²) in [5.74, 6) is -0.0477. The molecule has 0 saturated carbocycles. The van der Waals surface area contributed by atoms with Crippen molar-refractivity contribution in [2.45, 2.75) is 52.5 Å². The van der Waals surface area contributed by atoms with Gasteiger partial charge in [0.05, 0.1) is 0 Å². The predicted molar refractivity (Wildman–Crippen MR) is 102 cm³/mol. The Balaban J connectivity index is 1.78. The number of pyridine rings is 1. The Morgan fingerprint density at radius 3 is 2.32 bits per heavy atom. The Hall–Kier alpha value is -2.36. The molecule has 0 spiro atoms. The van der Waals surface area contributed by atoms with Crippen molar-refractivity contribution < 1.29 is 4.79 Å². The molecular formula is C21H28N2O2. The van der Waals surface area contributed by atoms with Crippen LogP contribution in [0, 0.1) is 6.92 Å². The fourth-order valence-corrected chi connectivity index (χ4v) is 2.73. The monoisotopic (exact) mass is 340 g/mol.